The Labute approximate surface area is 128 Å². The maximum atomic E-state index is 11.9. The quantitative estimate of drug-likeness (QED) is 0.694. The van der Waals surface area contributed by atoms with Crippen LogP contribution < -0.4 is 14.3 Å². The first-order chi connectivity index (χ1) is 10.4. The molecule has 1 heterocycles. The van der Waals surface area contributed by atoms with Crippen LogP contribution in [0.4, 0.5) is 5.69 Å². The highest BCUT2D eigenvalue weighted by molar-refractivity contribution is 7.92. The van der Waals surface area contributed by atoms with E-state index in [0.29, 0.717) is 30.8 Å². The molecule has 2 amide bonds. The maximum Gasteiger partial charge on any atom is 0.326 e. The monoisotopic (exact) mass is 327 g/mol. The van der Waals surface area contributed by atoms with E-state index in [1.807, 2.05) is 4.72 Å². The van der Waals surface area contributed by atoms with Gasteiger partial charge in [-0.3, -0.25) is 9.59 Å². The van der Waals surface area contributed by atoms with Gasteiger partial charge < -0.3 is 10.1 Å². The molecule has 8 nitrogen and oxygen atoms in total. The number of nitrogens with one attached hydrogen (secondary N) is 2. The minimum absolute atomic E-state index is 0.249. The van der Waals surface area contributed by atoms with Crippen molar-refractivity contribution in [3.63, 3.8) is 0 Å². The molecule has 1 saturated heterocycles. The summed E-state index contributed by atoms with van der Waals surface area (Å²) in [5.74, 6) is -0.832. The zero-order valence-electron chi connectivity index (χ0n) is 12.0. The minimum Gasteiger partial charge on any atom is -0.385 e. The molecule has 2 N–H and O–H groups in total. The van der Waals surface area contributed by atoms with E-state index in [2.05, 4.69) is 5.32 Å². The van der Waals surface area contributed by atoms with E-state index in [1.165, 1.54) is 24.3 Å². The summed E-state index contributed by atoms with van der Waals surface area (Å²) in [6.07, 6.45) is 0.708. The molecule has 0 unspecified atom stereocenters. The predicted octanol–water partition coefficient (Wildman–Crippen LogP) is -0.366. The molecule has 0 atom stereocenters. The lowest BCUT2D eigenvalue weighted by Crippen LogP contribution is -2.29. The number of nitrogens with zero attached hydrogens (tertiary/aromatic N) is 1. The summed E-state index contributed by atoms with van der Waals surface area (Å²) in [5.41, 5.74) is 0.742. The van der Waals surface area contributed by atoms with Crippen molar-refractivity contribution in [3.8, 4) is 0 Å². The van der Waals surface area contributed by atoms with Gasteiger partial charge in [0.2, 0.25) is 0 Å². The SMILES string of the molecule is COCCCNC(=O)c1ccc(N2CC(=O)NS2(=O)=O)cc1. The van der Waals surface area contributed by atoms with E-state index in [-0.39, 0.29) is 12.5 Å². The number of hydrogen-bond donors (Lipinski definition) is 2. The van der Waals surface area contributed by atoms with Gasteiger partial charge in [0, 0.05) is 25.8 Å². The summed E-state index contributed by atoms with van der Waals surface area (Å²) in [6.45, 7) is 0.797. The summed E-state index contributed by atoms with van der Waals surface area (Å²) >= 11 is 0. The van der Waals surface area contributed by atoms with Crippen molar-refractivity contribution in [1.29, 1.82) is 0 Å². The fourth-order valence-electron chi connectivity index (χ4n) is 1.98. The molecule has 2 rings (SSSR count). The van der Waals surface area contributed by atoms with Crippen molar-refractivity contribution >= 4 is 27.7 Å². The van der Waals surface area contributed by atoms with Gasteiger partial charge in [-0.05, 0) is 30.7 Å². The lowest BCUT2D eigenvalue weighted by atomic mass is 10.2. The Morgan fingerprint density at radius 1 is 1.36 bits per heavy atom. The number of benzene rings is 1. The predicted molar refractivity (Wildman–Crippen MR) is 79.7 cm³/mol. The molecule has 0 radical (unpaired) electrons. The summed E-state index contributed by atoms with van der Waals surface area (Å²) in [6, 6.07) is 6.00. The van der Waals surface area contributed by atoms with Gasteiger partial charge in [-0.15, -0.1) is 0 Å². The van der Waals surface area contributed by atoms with Crippen molar-refractivity contribution in [2.75, 3.05) is 31.1 Å². The zero-order chi connectivity index (χ0) is 16.2. The number of amides is 2. The Morgan fingerprint density at radius 2 is 2.05 bits per heavy atom. The van der Waals surface area contributed by atoms with Gasteiger partial charge in [-0.1, -0.05) is 0 Å². The third kappa shape index (κ3) is 3.74. The lowest BCUT2D eigenvalue weighted by molar-refractivity contribution is -0.117. The minimum atomic E-state index is -3.82. The Balaban J connectivity index is 2.01. The van der Waals surface area contributed by atoms with Crippen molar-refractivity contribution in [2.24, 2.45) is 0 Å². The zero-order valence-corrected chi connectivity index (χ0v) is 12.9. The Bertz CT molecular complexity index is 657. The second kappa shape index (κ2) is 6.75. The topological polar surface area (TPSA) is 105 Å². The summed E-state index contributed by atoms with van der Waals surface area (Å²) < 4.78 is 31.1. The van der Waals surface area contributed by atoms with Gasteiger partial charge in [0.1, 0.15) is 6.54 Å². The molecule has 1 aliphatic heterocycles. The molecular weight excluding hydrogens is 310 g/mol. The molecule has 0 aliphatic carbocycles. The highest BCUT2D eigenvalue weighted by atomic mass is 32.2. The van der Waals surface area contributed by atoms with Crippen molar-refractivity contribution in [1.82, 2.24) is 10.0 Å². The van der Waals surface area contributed by atoms with Crippen LogP contribution >= 0.6 is 0 Å². The molecule has 0 spiro atoms. The first-order valence-electron chi connectivity index (χ1n) is 6.64. The van der Waals surface area contributed by atoms with Gasteiger partial charge in [-0.25, -0.2) is 9.03 Å². The number of rotatable bonds is 6. The summed E-state index contributed by atoms with van der Waals surface area (Å²) in [4.78, 5) is 23.1. The fourth-order valence-corrected chi connectivity index (χ4v) is 3.13. The van der Waals surface area contributed by atoms with Crippen LogP contribution in [0.15, 0.2) is 24.3 Å². The van der Waals surface area contributed by atoms with E-state index >= 15 is 0 Å². The highest BCUT2D eigenvalue weighted by Gasteiger charge is 2.33. The van der Waals surface area contributed by atoms with Gasteiger partial charge in [0.05, 0.1) is 5.69 Å². The van der Waals surface area contributed by atoms with Crippen LogP contribution in [0.3, 0.4) is 0 Å². The van der Waals surface area contributed by atoms with Crippen LogP contribution in [0.25, 0.3) is 0 Å². The van der Waals surface area contributed by atoms with E-state index < -0.39 is 16.1 Å². The lowest BCUT2D eigenvalue weighted by Gasteiger charge is -2.14. The second-order valence-electron chi connectivity index (χ2n) is 4.69. The van der Waals surface area contributed by atoms with Gasteiger partial charge in [-0.2, -0.15) is 8.42 Å². The third-order valence-electron chi connectivity index (χ3n) is 3.05. The molecule has 0 bridgehead atoms. The molecule has 120 valence electrons. The average Bonchev–Trinajstić information content (AvgIpc) is 2.76. The van der Waals surface area contributed by atoms with Crippen molar-refractivity contribution in [3.05, 3.63) is 29.8 Å². The molecule has 1 aromatic carbocycles. The van der Waals surface area contributed by atoms with E-state index in [0.717, 1.165) is 4.31 Å². The highest BCUT2D eigenvalue weighted by Crippen LogP contribution is 2.20. The van der Waals surface area contributed by atoms with Gasteiger partial charge in [0.25, 0.3) is 11.8 Å². The van der Waals surface area contributed by atoms with Crippen LogP contribution in [-0.2, 0) is 19.7 Å². The molecule has 1 aromatic rings. The maximum absolute atomic E-state index is 11.9. The molecule has 1 aliphatic rings. The molecule has 1 fully saturated rings. The number of carbonyl (C=O) groups excluding carboxylic acids is 2. The van der Waals surface area contributed by atoms with Crippen LogP contribution in [0.2, 0.25) is 0 Å². The number of methoxy groups -OCH3 is 1. The van der Waals surface area contributed by atoms with Gasteiger partial charge >= 0.3 is 10.2 Å². The molecule has 0 aromatic heterocycles. The van der Waals surface area contributed by atoms with E-state index in [9.17, 15) is 18.0 Å². The molecule has 22 heavy (non-hydrogen) atoms. The standard InChI is InChI=1S/C13H17N3O5S/c1-21-8-2-7-14-13(18)10-3-5-11(6-4-10)16-9-12(17)15-22(16,19)20/h3-6H,2,7-9H2,1H3,(H,14,18)(H,15,17). The fraction of sp³-hybridized carbons (Fsp3) is 0.385. The van der Waals surface area contributed by atoms with Crippen molar-refractivity contribution < 1.29 is 22.7 Å². The Hall–Kier alpha value is -2.13. The third-order valence-corrected chi connectivity index (χ3v) is 4.45. The van der Waals surface area contributed by atoms with Gasteiger partial charge in [0.15, 0.2) is 0 Å². The molecule has 0 saturated carbocycles. The largest absolute Gasteiger partial charge is 0.385 e. The molecule has 9 heteroatoms. The van der Waals surface area contributed by atoms with Crippen LogP contribution in [-0.4, -0.2) is 47.0 Å². The second-order valence-corrected chi connectivity index (χ2v) is 6.28. The Kier molecular flexibility index (Phi) is 4.99. The Morgan fingerprint density at radius 3 is 2.59 bits per heavy atom. The number of hydrogen-bond acceptors (Lipinski definition) is 5. The smallest absolute Gasteiger partial charge is 0.326 e. The van der Waals surface area contributed by atoms with Crippen molar-refractivity contribution in [2.45, 2.75) is 6.42 Å². The summed E-state index contributed by atoms with van der Waals surface area (Å²) in [5, 5.41) is 2.73. The first kappa shape index (κ1) is 16.2. The van der Waals surface area contributed by atoms with Crippen LogP contribution in [0, 0.1) is 0 Å². The number of carbonyl (C=O) groups is 2. The average molecular weight is 327 g/mol. The van der Waals surface area contributed by atoms with E-state index in [4.69, 9.17) is 4.74 Å². The number of anilines is 1. The first-order valence-corrected chi connectivity index (χ1v) is 8.08. The van der Waals surface area contributed by atoms with Crippen LogP contribution in [0.1, 0.15) is 16.8 Å². The molecular formula is C13H17N3O5S. The number of ether oxygens (including phenoxy) is 1. The normalized spacial score (nSPS) is 16.4. The van der Waals surface area contributed by atoms with E-state index in [1.54, 1.807) is 7.11 Å². The van der Waals surface area contributed by atoms with Crippen LogP contribution in [0.5, 0.6) is 0 Å². The summed E-state index contributed by atoms with van der Waals surface area (Å²) in [7, 11) is -2.23.